The Morgan fingerprint density at radius 3 is 2.30 bits per heavy atom. The van der Waals surface area contributed by atoms with Crippen LogP contribution in [0.2, 0.25) is 0 Å². The van der Waals surface area contributed by atoms with Gasteiger partial charge in [-0.2, -0.15) is 0 Å². The highest BCUT2D eigenvalue weighted by atomic mass is 127. The van der Waals surface area contributed by atoms with Gasteiger partial charge < -0.3 is 14.2 Å². The summed E-state index contributed by atoms with van der Waals surface area (Å²) in [4.78, 5) is 11.4. The van der Waals surface area contributed by atoms with Crippen LogP contribution in [0, 0.1) is 11.3 Å². The van der Waals surface area contributed by atoms with Gasteiger partial charge in [-0.1, -0.05) is 50.3 Å². The van der Waals surface area contributed by atoms with E-state index in [-0.39, 0.29) is 11.4 Å². The van der Waals surface area contributed by atoms with Gasteiger partial charge in [0, 0.05) is 22.2 Å². The number of methoxy groups -OCH3 is 1. The third kappa shape index (κ3) is 5.48. The van der Waals surface area contributed by atoms with E-state index in [0.29, 0.717) is 35.9 Å². The Kier molecular flexibility index (Phi) is 6.73. The Bertz CT molecular complexity index is 318. The minimum absolute atomic E-state index is 0.0357. The molecule has 0 bridgehead atoms. The molecular formula is C15H27IO4. The molecule has 0 aromatic rings. The first kappa shape index (κ1) is 18.2. The molecule has 4 nitrogen and oxygen atoms in total. The Morgan fingerprint density at radius 2 is 1.85 bits per heavy atom. The van der Waals surface area contributed by atoms with Gasteiger partial charge in [0.25, 0.3) is 0 Å². The first-order chi connectivity index (χ1) is 9.20. The van der Waals surface area contributed by atoms with Crippen molar-refractivity contribution in [3.8, 4) is 0 Å². The van der Waals surface area contributed by atoms with E-state index in [1.165, 1.54) is 7.11 Å². The van der Waals surface area contributed by atoms with Crippen molar-refractivity contribution >= 4 is 28.6 Å². The molecule has 1 fully saturated rings. The lowest BCUT2D eigenvalue weighted by molar-refractivity contribution is -0.308. The lowest BCUT2D eigenvalue weighted by atomic mass is 9.90. The molecule has 0 aromatic heterocycles. The zero-order valence-corrected chi connectivity index (χ0v) is 15.4. The molecule has 0 aliphatic carbocycles. The lowest BCUT2D eigenvalue weighted by Crippen LogP contribution is -2.49. The number of halogens is 1. The van der Waals surface area contributed by atoms with Crippen LogP contribution in [0.15, 0.2) is 0 Å². The quantitative estimate of drug-likeness (QED) is 0.390. The Hall–Kier alpha value is 0.120. The molecule has 1 aliphatic heterocycles. The molecule has 20 heavy (non-hydrogen) atoms. The van der Waals surface area contributed by atoms with Crippen molar-refractivity contribution in [2.45, 2.75) is 56.7 Å². The fourth-order valence-corrected chi connectivity index (χ4v) is 2.40. The normalized spacial score (nSPS) is 23.9. The minimum atomic E-state index is -0.636. The van der Waals surface area contributed by atoms with E-state index < -0.39 is 5.79 Å². The molecule has 0 unspecified atom stereocenters. The van der Waals surface area contributed by atoms with Crippen molar-refractivity contribution in [2.24, 2.45) is 11.3 Å². The van der Waals surface area contributed by atoms with E-state index in [9.17, 15) is 4.79 Å². The summed E-state index contributed by atoms with van der Waals surface area (Å²) in [6.07, 6.45) is 1.70. The zero-order valence-electron chi connectivity index (χ0n) is 13.2. The van der Waals surface area contributed by atoms with Gasteiger partial charge in [0.2, 0.25) is 0 Å². The van der Waals surface area contributed by atoms with Crippen molar-refractivity contribution in [1.29, 1.82) is 0 Å². The van der Waals surface area contributed by atoms with E-state index >= 15 is 0 Å². The van der Waals surface area contributed by atoms with Crippen molar-refractivity contribution in [2.75, 3.05) is 20.3 Å². The van der Waals surface area contributed by atoms with E-state index in [0.717, 1.165) is 6.42 Å². The van der Waals surface area contributed by atoms with E-state index in [1.54, 1.807) is 0 Å². The summed E-state index contributed by atoms with van der Waals surface area (Å²) in [6.45, 7) is 9.96. The molecule has 0 N–H and O–H groups in total. The fourth-order valence-electron chi connectivity index (χ4n) is 2.15. The van der Waals surface area contributed by atoms with Crippen LogP contribution >= 0.6 is 22.6 Å². The van der Waals surface area contributed by atoms with Gasteiger partial charge in [0.05, 0.1) is 26.7 Å². The predicted molar refractivity (Wildman–Crippen MR) is 86.9 cm³/mol. The number of alkyl halides is 1. The molecule has 2 atom stereocenters. The number of hydrogen-bond acceptors (Lipinski definition) is 4. The Morgan fingerprint density at radius 1 is 1.30 bits per heavy atom. The minimum Gasteiger partial charge on any atom is -0.469 e. The van der Waals surface area contributed by atoms with Crippen LogP contribution in [0.4, 0.5) is 0 Å². The molecule has 0 amide bonds. The third-order valence-electron chi connectivity index (χ3n) is 3.81. The van der Waals surface area contributed by atoms with E-state index in [1.807, 2.05) is 0 Å². The summed E-state index contributed by atoms with van der Waals surface area (Å²) < 4.78 is 17.4. The molecule has 5 heteroatoms. The maximum absolute atomic E-state index is 11.4. The molecule has 0 radical (unpaired) electrons. The molecule has 1 saturated heterocycles. The summed E-state index contributed by atoms with van der Waals surface area (Å²) in [6, 6.07) is 0. The smallest absolute Gasteiger partial charge is 0.305 e. The van der Waals surface area contributed by atoms with Crippen molar-refractivity contribution in [1.82, 2.24) is 0 Å². The zero-order chi connectivity index (χ0) is 15.4. The van der Waals surface area contributed by atoms with Gasteiger partial charge >= 0.3 is 5.97 Å². The second-order valence-electron chi connectivity index (χ2n) is 6.59. The number of ether oxygens (including phenoxy) is 3. The predicted octanol–water partition coefficient (Wildman–Crippen LogP) is 3.56. The molecule has 1 heterocycles. The van der Waals surface area contributed by atoms with E-state index in [4.69, 9.17) is 14.2 Å². The summed E-state index contributed by atoms with van der Waals surface area (Å²) in [5.41, 5.74) is 0.0357. The maximum atomic E-state index is 11.4. The average molecular weight is 398 g/mol. The highest BCUT2D eigenvalue weighted by Crippen LogP contribution is 2.38. The van der Waals surface area contributed by atoms with Crippen molar-refractivity contribution in [3.63, 3.8) is 0 Å². The highest BCUT2D eigenvalue weighted by molar-refractivity contribution is 14.1. The van der Waals surface area contributed by atoms with Gasteiger partial charge in [-0.3, -0.25) is 4.79 Å². The SMILES string of the molecule is COC(=O)CCC1(C[C@@H](C)[C@H](C)I)OCC(C)(C)CO1. The first-order valence-corrected chi connectivity index (χ1v) is 8.43. The Labute approximate surface area is 136 Å². The topological polar surface area (TPSA) is 44.8 Å². The molecule has 1 rings (SSSR count). The second-order valence-corrected chi connectivity index (χ2v) is 8.55. The molecule has 0 saturated carbocycles. The third-order valence-corrected chi connectivity index (χ3v) is 5.03. The average Bonchev–Trinajstić information content (AvgIpc) is 2.39. The molecular weight excluding hydrogens is 371 g/mol. The molecule has 118 valence electrons. The van der Waals surface area contributed by atoms with Crippen LogP contribution < -0.4 is 0 Å². The van der Waals surface area contributed by atoms with Crippen LogP contribution in [-0.4, -0.2) is 36.0 Å². The molecule has 0 spiro atoms. The van der Waals surface area contributed by atoms with Gasteiger partial charge in [-0.15, -0.1) is 0 Å². The van der Waals surface area contributed by atoms with Gasteiger partial charge in [0.1, 0.15) is 0 Å². The van der Waals surface area contributed by atoms with Gasteiger partial charge in [-0.05, 0) is 5.92 Å². The van der Waals surface area contributed by atoms with Crippen LogP contribution in [0.5, 0.6) is 0 Å². The highest BCUT2D eigenvalue weighted by Gasteiger charge is 2.42. The largest absolute Gasteiger partial charge is 0.469 e. The van der Waals surface area contributed by atoms with E-state index in [2.05, 4.69) is 50.3 Å². The number of hydrogen-bond donors (Lipinski definition) is 0. The molecule has 0 aromatic carbocycles. The van der Waals surface area contributed by atoms with Crippen molar-refractivity contribution < 1.29 is 19.0 Å². The molecule has 1 aliphatic rings. The summed E-state index contributed by atoms with van der Waals surface area (Å²) in [5, 5.41) is 0. The monoisotopic (exact) mass is 398 g/mol. The standard InChI is InChI=1S/C15H27IO4/c1-11(12(2)16)8-15(7-6-13(17)18-5)19-9-14(3,4)10-20-15/h11-12H,6-10H2,1-5H3/t11-,12+/m1/s1. The van der Waals surface area contributed by atoms with Crippen LogP contribution in [0.3, 0.4) is 0 Å². The first-order valence-electron chi connectivity index (χ1n) is 7.18. The van der Waals surface area contributed by atoms with Crippen LogP contribution in [0.1, 0.15) is 47.0 Å². The van der Waals surface area contributed by atoms with Crippen LogP contribution in [-0.2, 0) is 19.0 Å². The van der Waals surface area contributed by atoms with Crippen LogP contribution in [0.25, 0.3) is 0 Å². The van der Waals surface area contributed by atoms with Gasteiger partial charge in [0.15, 0.2) is 5.79 Å². The maximum Gasteiger partial charge on any atom is 0.305 e. The number of esters is 1. The summed E-state index contributed by atoms with van der Waals surface area (Å²) in [5.74, 6) is -0.381. The number of carbonyl (C=O) groups is 1. The van der Waals surface area contributed by atoms with Gasteiger partial charge in [-0.25, -0.2) is 0 Å². The summed E-state index contributed by atoms with van der Waals surface area (Å²) in [7, 11) is 1.41. The second kappa shape index (κ2) is 7.40. The lowest BCUT2D eigenvalue weighted by Gasteiger charge is -2.45. The fraction of sp³-hybridized carbons (Fsp3) is 0.933. The number of carbonyl (C=O) groups excluding carboxylic acids is 1. The van der Waals surface area contributed by atoms with Crippen molar-refractivity contribution in [3.05, 3.63) is 0 Å². The number of rotatable bonds is 6. The summed E-state index contributed by atoms with van der Waals surface area (Å²) >= 11 is 2.42. The Balaban J connectivity index is 2.71.